The fourth-order valence-electron chi connectivity index (χ4n) is 3.78. The first-order valence-corrected chi connectivity index (χ1v) is 11.7. The van der Waals surface area contributed by atoms with Gasteiger partial charge in [0.05, 0.1) is 42.9 Å². The van der Waals surface area contributed by atoms with E-state index >= 15 is 0 Å². The van der Waals surface area contributed by atoms with Gasteiger partial charge in [-0.25, -0.2) is 23.9 Å². The Kier molecular flexibility index (Phi) is 5.42. The normalized spacial score (nSPS) is 14.7. The quantitative estimate of drug-likeness (QED) is 0.374. The number of imidazole rings is 2. The van der Waals surface area contributed by atoms with Crippen molar-refractivity contribution in [2.75, 3.05) is 5.75 Å². The number of halogens is 6. The van der Waals surface area contributed by atoms with E-state index in [1.165, 1.54) is 37.6 Å². The Balaban J connectivity index is 2.08. The highest BCUT2D eigenvalue weighted by atomic mass is 32.2. The number of fused-ring (bicyclic) bond motifs is 2. The Morgan fingerprint density at radius 3 is 2.18 bits per heavy atom. The van der Waals surface area contributed by atoms with Crippen molar-refractivity contribution >= 4 is 31.8 Å². The zero-order chi connectivity index (χ0) is 25.2. The predicted octanol–water partition coefficient (Wildman–Crippen LogP) is 5.47. The molecule has 3 heterocycles. The van der Waals surface area contributed by atoms with E-state index in [9.17, 15) is 30.6 Å². The van der Waals surface area contributed by atoms with Gasteiger partial charge in [0, 0.05) is 24.9 Å². The van der Waals surface area contributed by atoms with Crippen LogP contribution >= 0.6 is 0 Å². The van der Waals surface area contributed by atoms with Crippen molar-refractivity contribution in [1.29, 1.82) is 4.78 Å². The number of benzene rings is 1. The molecule has 0 aliphatic carbocycles. The van der Waals surface area contributed by atoms with Gasteiger partial charge in [-0.15, -0.1) is 0 Å². The third-order valence-electron chi connectivity index (χ3n) is 5.48. The van der Waals surface area contributed by atoms with Crippen molar-refractivity contribution in [2.24, 2.45) is 7.05 Å². The van der Waals surface area contributed by atoms with E-state index in [4.69, 9.17) is 4.78 Å². The highest BCUT2D eigenvalue weighted by molar-refractivity contribution is 7.92. The van der Waals surface area contributed by atoms with Crippen LogP contribution in [0, 0.1) is 4.78 Å². The Morgan fingerprint density at radius 1 is 0.971 bits per heavy atom. The van der Waals surface area contributed by atoms with Gasteiger partial charge in [0.15, 0.2) is 0 Å². The summed E-state index contributed by atoms with van der Waals surface area (Å²) in [7, 11) is -1.99. The van der Waals surface area contributed by atoms with Crippen LogP contribution in [-0.4, -0.2) is 34.0 Å². The molecule has 1 N–H and O–H groups in total. The van der Waals surface area contributed by atoms with Gasteiger partial charge in [0.25, 0.3) is 0 Å². The monoisotopic (exact) mass is 504 g/mol. The molecule has 4 aromatic rings. The molecule has 4 rings (SSSR count). The molecule has 0 aliphatic heterocycles. The molecule has 0 radical (unpaired) electrons. The zero-order valence-corrected chi connectivity index (χ0v) is 18.9. The van der Waals surface area contributed by atoms with Crippen molar-refractivity contribution < 1.29 is 30.6 Å². The summed E-state index contributed by atoms with van der Waals surface area (Å²) in [5, 5.41) is 0. The molecule has 0 spiro atoms. The highest BCUT2D eigenvalue weighted by Gasteiger charge is 2.38. The summed E-state index contributed by atoms with van der Waals surface area (Å²) in [6, 6.07) is 3.23. The molecule has 0 aliphatic rings. The molecule has 1 unspecified atom stereocenters. The molecule has 0 saturated heterocycles. The third kappa shape index (κ3) is 3.79. The van der Waals surface area contributed by atoms with Crippen LogP contribution < -0.4 is 0 Å². The Hall–Kier alpha value is -3.16. The molecule has 0 amide bonds. The summed E-state index contributed by atoms with van der Waals surface area (Å²) in [6.07, 6.45) is -8.47. The second-order valence-corrected chi connectivity index (χ2v) is 9.90. The largest absolute Gasteiger partial charge is 0.449 e. The second kappa shape index (κ2) is 7.68. The van der Waals surface area contributed by atoms with Crippen LogP contribution in [-0.2, 0) is 35.7 Å². The predicted molar refractivity (Wildman–Crippen MR) is 113 cm³/mol. The number of hydrogen-bond donors (Lipinski definition) is 1. The SMILES string of the molecule is CCn1c(C(F)(F)F)nc2cc(-c3nc4cc(C(F)(F)F)ncc4n3C)c(S(=N)(=O)CC)cc21. The van der Waals surface area contributed by atoms with E-state index in [0.717, 1.165) is 16.8 Å². The maximum absolute atomic E-state index is 13.5. The average Bonchev–Trinajstić information content (AvgIpc) is 3.29. The Bertz CT molecular complexity index is 1530. The first-order chi connectivity index (χ1) is 15.7. The zero-order valence-electron chi connectivity index (χ0n) is 18.0. The van der Waals surface area contributed by atoms with E-state index in [-0.39, 0.29) is 50.6 Å². The molecule has 1 atom stereocenters. The van der Waals surface area contributed by atoms with Crippen LogP contribution in [0.3, 0.4) is 0 Å². The van der Waals surface area contributed by atoms with Gasteiger partial charge in [-0.3, -0.25) is 0 Å². The minimum atomic E-state index is -4.75. The molecule has 0 saturated carbocycles. The van der Waals surface area contributed by atoms with Gasteiger partial charge in [-0.05, 0) is 25.1 Å². The summed E-state index contributed by atoms with van der Waals surface area (Å²) < 4.78 is 104. The highest BCUT2D eigenvalue weighted by Crippen LogP contribution is 2.38. The van der Waals surface area contributed by atoms with Crippen LogP contribution in [0.2, 0.25) is 0 Å². The van der Waals surface area contributed by atoms with Gasteiger partial charge in [0.1, 0.15) is 11.5 Å². The van der Waals surface area contributed by atoms with E-state index in [2.05, 4.69) is 15.0 Å². The Labute approximate surface area is 189 Å². The Morgan fingerprint density at radius 2 is 1.62 bits per heavy atom. The lowest BCUT2D eigenvalue weighted by atomic mass is 10.2. The summed E-state index contributed by atoms with van der Waals surface area (Å²) in [4.78, 5) is 11.3. The number of nitrogens with one attached hydrogen (secondary N) is 1. The lowest BCUT2D eigenvalue weighted by Crippen LogP contribution is -2.14. The molecule has 182 valence electrons. The minimum absolute atomic E-state index is 0.0288. The smallest absolute Gasteiger partial charge is 0.326 e. The average molecular weight is 504 g/mol. The fraction of sp³-hybridized carbons (Fsp3) is 0.350. The number of aromatic nitrogens is 5. The molecule has 14 heteroatoms. The van der Waals surface area contributed by atoms with Crippen LogP contribution in [0.15, 0.2) is 29.3 Å². The number of hydrogen-bond acceptors (Lipinski definition) is 5. The molecule has 0 bridgehead atoms. The van der Waals surface area contributed by atoms with Crippen LogP contribution in [0.1, 0.15) is 25.4 Å². The second-order valence-electron chi connectivity index (χ2n) is 7.53. The molecule has 34 heavy (non-hydrogen) atoms. The van der Waals surface area contributed by atoms with Crippen molar-refractivity contribution in [3.63, 3.8) is 0 Å². The molecular weight excluding hydrogens is 486 g/mol. The van der Waals surface area contributed by atoms with Crippen LogP contribution in [0.4, 0.5) is 26.3 Å². The van der Waals surface area contributed by atoms with Gasteiger partial charge in [0.2, 0.25) is 5.82 Å². The molecule has 3 aromatic heterocycles. The summed E-state index contributed by atoms with van der Waals surface area (Å²) in [6.45, 7) is 2.92. The van der Waals surface area contributed by atoms with Crippen LogP contribution in [0.5, 0.6) is 0 Å². The van der Waals surface area contributed by atoms with E-state index in [0.29, 0.717) is 0 Å². The van der Waals surface area contributed by atoms with Gasteiger partial charge >= 0.3 is 12.4 Å². The number of alkyl halides is 6. The van der Waals surface area contributed by atoms with Crippen molar-refractivity contribution in [2.45, 2.75) is 37.6 Å². The summed E-state index contributed by atoms with van der Waals surface area (Å²) >= 11 is 0. The molecule has 1 aromatic carbocycles. The maximum atomic E-state index is 13.5. The number of aryl methyl sites for hydroxylation is 2. The van der Waals surface area contributed by atoms with Crippen LogP contribution in [0.25, 0.3) is 33.5 Å². The summed E-state index contributed by atoms with van der Waals surface area (Å²) in [5.41, 5.74) is -0.973. The lowest BCUT2D eigenvalue weighted by molar-refractivity contribution is -0.146. The van der Waals surface area contributed by atoms with Crippen molar-refractivity contribution in [1.82, 2.24) is 24.1 Å². The van der Waals surface area contributed by atoms with E-state index in [1.807, 2.05) is 0 Å². The molecular formula is C20H18F6N6OS. The molecule has 7 nitrogen and oxygen atoms in total. The molecule has 0 fully saturated rings. The van der Waals surface area contributed by atoms with Crippen molar-refractivity contribution in [3.05, 3.63) is 35.9 Å². The summed E-state index contributed by atoms with van der Waals surface area (Å²) in [5.74, 6) is -1.26. The lowest BCUT2D eigenvalue weighted by Gasteiger charge is -2.13. The van der Waals surface area contributed by atoms with E-state index in [1.54, 1.807) is 0 Å². The van der Waals surface area contributed by atoms with Crippen molar-refractivity contribution in [3.8, 4) is 11.4 Å². The van der Waals surface area contributed by atoms with Gasteiger partial charge < -0.3 is 9.13 Å². The standard InChI is InChI=1S/C20H18F6N6OS/c1-4-32-13-8-15(34(27,33)5-2)10(6-11(13)30-18(32)20(24,25)26)17-29-12-7-16(19(21,22)23)28-9-14(12)31(17)3/h6-9,27H,4-5H2,1-3H3. The fourth-order valence-corrected chi connectivity index (χ4v) is 4.89. The van der Waals surface area contributed by atoms with Gasteiger partial charge in [-0.1, -0.05) is 6.92 Å². The first kappa shape index (κ1) is 24.0. The number of nitrogens with zero attached hydrogens (tertiary/aromatic N) is 5. The third-order valence-corrected chi connectivity index (χ3v) is 7.34. The number of rotatable bonds is 4. The van der Waals surface area contributed by atoms with E-state index < -0.39 is 33.6 Å². The maximum Gasteiger partial charge on any atom is 0.449 e. The van der Waals surface area contributed by atoms with Gasteiger partial charge in [-0.2, -0.15) is 26.3 Å². The topological polar surface area (TPSA) is 89.4 Å². The minimum Gasteiger partial charge on any atom is -0.326 e. The number of pyridine rings is 1. The first-order valence-electron chi connectivity index (χ1n) is 9.97.